The first-order chi connectivity index (χ1) is 9.20. The molecule has 0 saturated carbocycles. The van der Waals surface area contributed by atoms with Gasteiger partial charge < -0.3 is 4.74 Å². The predicted molar refractivity (Wildman–Crippen MR) is 76.1 cm³/mol. The number of esters is 1. The summed E-state index contributed by atoms with van der Waals surface area (Å²) < 4.78 is 5.02. The third-order valence-corrected chi connectivity index (χ3v) is 3.88. The van der Waals surface area contributed by atoms with Gasteiger partial charge in [-0.25, -0.2) is 0 Å². The Labute approximate surface area is 115 Å². The number of nitrogens with zero attached hydrogens (tertiary/aromatic N) is 1. The maximum Gasteiger partial charge on any atom is 0.307 e. The molecule has 3 heteroatoms. The van der Waals surface area contributed by atoms with Crippen molar-refractivity contribution in [1.82, 2.24) is 4.90 Å². The molecule has 0 spiro atoms. The topological polar surface area (TPSA) is 29.5 Å². The van der Waals surface area contributed by atoms with Gasteiger partial charge in [-0.3, -0.25) is 9.69 Å². The Morgan fingerprint density at radius 1 is 1.42 bits per heavy atom. The summed E-state index contributed by atoms with van der Waals surface area (Å²) in [5.74, 6) is 0.518. The molecule has 3 nitrogen and oxygen atoms in total. The first-order valence-corrected chi connectivity index (χ1v) is 7.15. The molecule has 19 heavy (non-hydrogen) atoms. The molecule has 1 aliphatic heterocycles. The van der Waals surface area contributed by atoms with Gasteiger partial charge in [0.1, 0.15) is 0 Å². The van der Waals surface area contributed by atoms with Crippen LogP contribution in [0.25, 0.3) is 0 Å². The van der Waals surface area contributed by atoms with E-state index in [1.54, 1.807) is 0 Å². The number of benzene rings is 1. The fourth-order valence-electron chi connectivity index (χ4n) is 2.78. The lowest BCUT2D eigenvalue weighted by Gasteiger charge is -2.23. The first-order valence-electron chi connectivity index (χ1n) is 7.15. The van der Waals surface area contributed by atoms with Crippen LogP contribution in [0.2, 0.25) is 0 Å². The van der Waals surface area contributed by atoms with E-state index in [0.717, 1.165) is 13.1 Å². The lowest BCUT2D eigenvalue weighted by Crippen LogP contribution is -2.33. The minimum absolute atomic E-state index is 0.0850. The number of ether oxygens (including phenoxy) is 1. The number of rotatable bonds is 5. The van der Waals surface area contributed by atoms with Gasteiger partial charge in [-0.1, -0.05) is 30.3 Å². The highest BCUT2D eigenvalue weighted by molar-refractivity contribution is 5.70. The molecule has 104 valence electrons. The molecule has 2 rings (SSSR count). The van der Waals surface area contributed by atoms with Gasteiger partial charge in [0.25, 0.3) is 0 Å². The van der Waals surface area contributed by atoms with Crippen molar-refractivity contribution < 1.29 is 9.53 Å². The van der Waals surface area contributed by atoms with Gasteiger partial charge in [0.2, 0.25) is 0 Å². The lowest BCUT2D eigenvalue weighted by atomic mass is 9.99. The van der Waals surface area contributed by atoms with Crippen LogP contribution in [0.3, 0.4) is 0 Å². The Morgan fingerprint density at radius 3 is 2.84 bits per heavy atom. The zero-order valence-corrected chi connectivity index (χ0v) is 11.8. The van der Waals surface area contributed by atoms with E-state index in [9.17, 15) is 4.79 Å². The van der Waals surface area contributed by atoms with E-state index in [1.807, 2.05) is 6.92 Å². The van der Waals surface area contributed by atoms with Gasteiger partial charge in [-0.15, -0.1) is 0 Å². The third-order valence-electron chi connectivity index (χ3n) is 3.88. The average Bonchev–Trinajstić information content (AvgIpc) is 2.89. The molecule has 1 aliphatic rings. The molecule has 1 heterocycles. The van der Waals surface area contributed by atoms with Crippen LogP contribution in [0, 0.1) is 0 Å². The first kappa shape index (κ1) is 14.1. The van der Waals surface area contributed by atoms with Crippen molar-refractivity contribution in [1.29, 1.82) is 0 Å². The number of carbonyl (C=O) groups excluding carboxylic acids is 1. The molecule has 2 unspecified atom stereocenters. The van der Waals surface area contributed by atoms with Crippen molar-refractivity contribution >= 4 is 5.97 Å². The molecule has 2 atom stereocenters. The van der Waals surface area contributed by atoms with Crippen LogP contribution in [-0.4, -0.2) is 36.6 Å². The number of likely N-dealkylation sites (tertiary alicyclic amines) is 1. The van der Waals surface area contributed by atoms with Gasteiger partial charge in [0.05, 0.1) is 13.0 Å². The summed E-state index contributed by atoms with van der Waals surface area (Å²) in [5, 5.41) is 0. The molecule has 1 fully saturated rings. The summed E-state index contributed by atoms with van der Waals surface area (Å²) in [6.45, 7) is 6.55. The molecule has 0 amide bonds. The van der Waals surface area contributed by atoms with Crippen LogP contribution in [0.4, 0.5) is 0 Å². The Kier molecular flexibility index (Phi) is 4.97. The van der Waals surface area contributed by atoms with Crippen LogP contribution in [0.1, 0.15) is 38.2 Å². The highest BCUT2D eigenvalue weighted by Gasteiger charge is 2.28. The van der Waals surface area contributed by atoms with E-state index in [1.165, 1.54) is 12.0 Å². The molecule has 0 bridgehead atoms. The second kappa shape index (κ2) is 6.71. The smallest absolute Gasteiger partial charge is 0.307 e. The molecular weight excluding hydrogens is 238 g/mol. The fourth-order valence-corrected chi connectivity index (χ4v) is 2.78. The maximum atomic E-state index is 11.5. The van der Waals surface area contributed by atoms with Crippen LogP contribution < -0.4 is 0 Å². The third kappa shape index (κ3) is 3.80. The van der Waals surface area contributed by atoms with Crippen LogP contribution in [0.5, 0.6) is 0 Å². The molecule has 0 N–H and O–H groups in total. The van der Waals surface area contributed by atoms with Crippen molar-refractivity contribution in [3.63, 3.8) is 0 Å². The minimum Gasteiger partial charge on any atom is -0.466 e. The number of carbonyl (C=O) groups is 1. The second-order valence-corrected chi connectivity index (χ2v) is 5.25. The van der Waals surface area contributed by atoms with Crippen LogP contribution >= 0.6 is 0 Å². The van der Waals surface area contributed by atoms with E-state index in [4.69, 9.17) is 4.74 Å². The summed E-state index contributed by atoms with van der Waals surface area (Å²) in [6.07, 6.45) is 1.67. The van der Waals surface area contributed by atoms with Crippen molar-refractivity contribution in [2.45, 2.75) is 38.6 Å². The summed E-state index contributed by atoms with van der Waals surface area (Å²) in [7, 11) is 0. The zero-order valence-electron chi connectivity index (χ0n) is 11.8. The van der Waals surface area contributed by atoms with Gasteiger partial charge in [0.15, 0.2) is 0 Å². The highest BCUT2D eigenvalue weighted by Crippen LogP contribution is 2.28. The maximum absolute atomic E-state index is 11.5. The standard InChI is InChI=1S/C16H23NO2/c1-3-19-16(18)11-13(2)17-10-9-15(12-17)14-7-5-4-6-8-14/h4-8,13,15H,3,9-12H2,1-2H3. The zero-order chi connectivity index (χ0) is 13.7. The fraction of sp³-hybridized carbons (Fsp3) is 0.562. The van der Waals surface area contributed by atoms with Gasteiger partial charge in [-0.2, -0.15) is 0 Å². The van der Waals surface area contributed by atoms with Crippen molar-refractivity contribution in [2.24, 2.45) is 0 Å². The lowest BCUT2D eigenvalue weighted by molar-refractivity contribution is -0.144. The summed E-state index contributed by atoms with van der Waals surface area (Å²) >= 11 is 0. The van der Waals surface area contributed by atoms with E-state index < -0.39 is 0 Å². The molecular formula is C16H23NO2. The highest BCUT2D eigenvalue weighted by atomic mass is 16.5. The van der Waals surface area contributed by atoms with Crippen molar-refractivity contribution in [3.8, 4) is 0 Å². The molecule has 0 aromatic heterocycles. The molecule has 0 radical (unpaired) electrons. The molecule has 1 aromatic rings. The van der Waals surface area contributed by atoms with Crippen molar-refractivity contribution in [2.75, 3.05) is 19.7 Å². The van der Waals surface area contributed by atoms with E-state index in [0.29, 0.717) is 18.9 Å². The molecule has 1 saturated heterocycles. The quantitative estimate of drug-likeness (QED) is 0.763. The SMILES string of the molecule is CCOC(=O)CC(C)N1CCC(c2ccccc2)C1. The largest absolute Gasteiger partial charge is 0.466 e. The van der Waals surface area contributed by atoms with E-state index >= 15 is 0 Å². The average molecular weight is 261 g/mol. The normalized spacial score (nSPS) is 21.3. The Hall–Kier alpha value is -1.35. The van der Waals surface area contributed by atoms with Crippen LogP contribution in [-0.2, 0) is 9.53 Å². The van der Waals surface area contributed by atoms with Crippen molar-refractivity contribution in [3.05, 3.63) is 35.9 Å². The molecule has 1 aromatic carbocycles. The van der Waals surface area contributed by atoms with Gasteiger partial charge in [-0.05, 0) is 38.3 Å². The summed E-state index contributed by atoms with van der Waals surface area (Å²) in [4.78, 5) is 13.9. The Bertz CT molecular complexity index is 404. The number of hydrogen-bond acceptors (Lipinski definition) is 3. The summed E-state index contributed by atoms with van der Waals surface area (Å²) in [6, 6.07) is 10.9. The monoisotopic (exact) mass is 261 g/mol. The summed E-state index contributed by atoms with van der Waals surface area (Å²) in [5.41, 5.74) is 1.41. The Morgan fingerprint density at radius 2 is 2.16 bits per heavy atom. The van der Waals surface area contributed by atoms with Crippen LogP contribution in [0.15, 0.2) is 30.3 Å². The second-order valence-electron chi connectivity index (χ2n) is 5.25. The molecule has 0 aliphatic carbocycles. The van der Waals surface area contributed by atoms with Gasteiger partial charge in [0, 0.05) is 12.6 Å². The minimum atomic E-state index is -0.0850. The predicted octanol–water partition coefficient (Wildman–Crippen LogP) is 2.82. The van der Waals surface area contributed by atoms with E-state index in [2.05, 4.69) is 42.2 Å². The Balaban J connectivity index is 1.86. The van der Waals surface area contributed by atoms with Gasteiger partial charge >= 0.3 is 5.97 Å². The van der Waals surface area contributed by atoms with E-state index in [-0.39, 0.29) is 12.0 Å². The number of hydrogen-bond donors (Lipinski definition) is 0.